The summed E-state index contributed by atoms with van der Waals surface area (Å²) in [7, 11) is 0. The summed E-state index contributed by atoms with van der Waals surface area (Å²) < 4.78 is 0. The number of hydrogen-bond acceptors (Lipinski definition) is 3. The Bertz CT molecular complexity index is 464. The minimum atomic E-state index is -0.301. The van der Waals surface area contributed by atoms with Gasteiger partial charge in [-0.3, -0.25) is 5.32 Å². The van der Waals surface area contributed by atoms with E-state index in [2.05, 4.69) is 30.4 Å². The van der Waals surface area contributed by atoms with Crippen LogP contribution in [0.1, 0.15) is 38.2 Å². The van der Waals surface area contributed by atoms with Crippen LogP contribution in [0.15, 0.2) is 24.3 Å². The first kappa shape index (κ1) is 15.7. The lowest BCUT2D eigenvalue weighted by Crippen LogP contribution is -2.48. The summed E-state index contributed by atoms with van der Waals surface area (Å²) in [5.41, 5.74) is 1.00. The molecule has 2 nitrogen and oxygen atoms in total. The van der Waals surface area contributed by atoms with Crippen LogP contribution in [0, 0.1) is 11.3 Å². The maximum atomic E-state index is 9.47. The summed E-state index contributed by atoms with van der Waals surface area (Å²) in [5, 5.41) is 14.2. The summed E-state index contributed by atoms with van der Waals surface area (Å²) >= 11 is 7.87. The third-order valence-electron chi connectivity index (χ3n) is 3.83. The Morgan fingerprint density at radius 2 is 2.20 bits per heavy atom. The predicted molar refractivity (Wildman–Crippen MR) is 87.0 cm³/mol. The quantitative estimate of drug-likeness (QED) is 0.876. The van der Waals surface area contributed by atoms with Crippen molar-refractivity contribution in [1.29, 1.82) is 5.26 Å². The lowest BCUT2D eigenvalue weighted by molar-refractivity contribution is 0.309. The molecule has 4 heteroatoms. The van der Waals surface area contributed by atoms with Gasteiger partial charge in [-0.05, 0) is 49.9 Å². The molecule has 1 fully saturated rings. The van der Waals surface area contributed by atoms with E-state index in [1.165, 1.54) is 12.0 Å². The molecular weight excluding hydrogens is 288 g/mol. The van der Waals surface area contributed by atoms with Crippen molar-refractivity contribution < 1.29 is 0 Å². The van der Waals surface area contributed by atoms with Gasteiger partial charge in [0.25, 0.3) is 0 Å². The molecule has 0 aromatic heterocycles. The fraction of sp³-hybridized carbons (Fsp3) is 0.562. The molecule has 2 rings (SSSR count). The Kier molecular flexibility index (Phi) is 5.77. The molecule has 0 amide bonds. The number of nitrogens with one attached hydrogen (secondary N) is 1. The first-order chi connectivity index (χ1) is 9.67. The van der Waals surface area contributed by atoms with Crippen LogP contribution in [0.2, 0.25) is 5.02 Å². The standard InChI is InChI=1S/C16H21ClN2S/c1-2-19-16(12-18)9-3-4-15(10-16)20-11-13-5-7-14(17)8-6-13/h5-8,15,19H,2-4,9-11H2,1H3. The number of nitriles is 1. The molecule has 1 saturated carbocycles. The third kappa shape index (κ3) is 4.15. The normalized spacial score (nSPS) is 26.1. The van der Waals surface area contributed by atoms with E-state index in [0.29, 0.717) is 5.25 Å². The van der Waals surface area contributed by atoms with Crippen LogP contribution in [-0.4, -0.2) is 17.3 Å². The molecule has 1 aromatic carbocycles. The van der Waals surface area contributed by atoms with Crippen molar-refractivity contribution in [2.45, 2.75) is 49.1 Å². The molecule has 108 valence electrons. The molecule has 0 aliphatic heterocycles. The molecule has 2 unspecified atom stereocenters. The van der Waals surface area contributed by atoms with Crippen molar-refractivity contribution in [2.24, 2.45) is 0 Å². The third-order valence-corrected chi connectivity index (χ3v) is 5.46. The summed E-state index contributed by atoms with van der Waals surface area (Å²) in [6.07, 6.45) is 4.29. The smallest absolute Gasteiger partial charge is 0.107 e. The second kappa shape index (κ2) is 7.36. The van der Waals surface area contributed by atoms with Crippen molar-refractivity contribution in [3.63, 3.8) is 0 Å². The van der Waals surface area contributed by atoms with Crippen LogP contribution >= 0.6 is 23.4 Å². The molecule has 0 saturated heterocycles. The van der Waals surface area contributed by atoms with E-state index in [1.54, 1.807) is 0 Å². The highest BCUT2D eigenvalue weighted by atomic mass is 35.5. The van der Waals surface area contributed by atoms with Crippen molar-refractivity contribution in [3.05, 3.63) is 34.9 Å². The van der Waals surface area contributed by atoms with Crippen LogP contribution in [0.4, 0.5) is 0 Å². The van der Waals surface area contributed by atoms with E-state index in [1.807, 2.05) is 23.9 Å². The van der Waals surface area contributed by atoms with Gasteiger partial charge in [-0.2, -0.15) is 17.0 Å². The zero-order valence-corrected chi connectivity index (χ0v) is 13.4. The van der Waals surface area contributed by atoms with Gasteiger partial charge in [0.05, 0.1) is 6.07 Å². The van der Waals surface area contributed by atoms with Crippen LogP contribution < -0.4 is 5.32 Å². The van der Waals surface area contributed by atoms with E-state index in [0.717, 1.165) is 36.6 Å². The fourth-order valence-electron chi connectivity index (χ4n) is 2.80. The SMILES string of the molecule is CCNC1(C#N)CCCC(SCc2ccc(Cl)cc2)C1. The Labute approximate surface area is 130 Å². The average Bonchev–Trinajstić information content (AvgIpc) is 2.47. The molecule has 1 aromatic rings. The second-order valence-corrected chi connectivity index (χ2v) is 7.11. The van der Waals surface area contributed by atoms with Crippen molar-refractivity contribution in [2.75, 3.05) is 6.54 Å². The van der Waals surface area contributed by atoms with E-state index in [9.17, 15) is 5.26 Å². The van der Waals surface area contributed by atoms with Crippen LogP contribution in [0.3, 0.4) is 0 Å². The first-order valence-corrected chi connectivity index (χ1v) is 8.62. The van der Waals surface area contributed by atoms with Gasteiger partial charge in [-0.1, -0.05) is 30.7 Å². The predicted octanol–water partition coefficient (Wildman–Crippen LogP) is 4.39. The highest BCUT2D eigenvalue weighted by Gasteiger charge is 2.35. The van der Waals surface area contributed by atoms with Crippen LogP contribution in [0.25, 0.3) is 0 Å². The van der Waals surface area contributed by atoms with Gasteiger partial charge < -0.3 is 0 Å². The minimum Gasteiger partial charge on any atom is -0.300 e. The zero-order chi connectivity index (χ0) is 14.4. The molecule has 2 atom stereocenters. The van der Waals surface area contributed by atoms with Gasteiger partial charge in [0.1, 0.15) is 5.54 Å². The summed E-state index contributed by atoms with van der Waals surface area (Å²) in [4.78, 5) is 0. The summed E-state index contributed by atoms with van der Waals surface area (Å²) in [6, 6.07) is 10.6. The highest BCUT2D eigenvalue weighted by molar-refractivity contribution is 7.99. The second-order valence-electron chi connectivity index (χ2n) is 5.38. The number of halogens is 1. The van der Waals surface area contributed by atoms with Crippen LogP contribution in [0.5, 0.6) is 0 Å². The van der Waals surface area contributed by atoms with E-state index >= 15 is 0 Å². The van der Waals surface area contributed by atoms with Gasteiger partial charge in [0.2, 0.25) is 0 Å². The van der Waals surface area contributed by atoms with Crippen molar-refractivity contribution in [3.8, 4) is 6.07 Å². The van der Waals surface area contributed by atoms with E-state index in [-0.39, 0.29) is 5.54 Å². The number of rotatable bonds is 5. The van der Waals surface area contributed by atoms with E-state index < -0.39 is 0 Å². The lowest BCUT2D eigenvalue weighted by Gasteiger charge is -2.36. The molecule has 0 bridgehead atoms. The maximum absolute atomic E-state index is 9.47. The Morgan fingerprint density at radius 1 is 1.45 bits per heavy atom. The Balaban J connectivity index is 1.90. The Morgan fingerprint density at radius 3 is 2.85 bits per heavy atom. The number of benzene rings is 1. The van der Waals surface area contributed by atoms with E-state index in [4.69, 9.17) is 11.6 Å². The molecule has 20 heavy (non-hydrogen) atoms. The van der Waals surface area contributed by atoms with Crippen molar-refractivity contribution in [1.82, 2.24) is 5.32 Å². The number of thioether (sulfide) groups is 1. The molecule has 1 aliphatic carbocycles. The average molecular weight is 309 g/mol. The monoisotopic (exact) mass is 308 g/mol. The first-order valence-electron chi connectivity index (χ1n) is 7.20. The lowest BCUT2D eigenvalue weighted by atomic mass is 9.82. The van der Waals surface area contributed by atoms with Gasteiger partial charge in [0, 0.05) is 16.0 Å². The highest BCUT2D eigenvalue weighted by Crippen LogP contribution is 2.36. The summed E-state index contributed by atoms with van der Waals surface area (Å²) in [5.74, 6) is 0.996. The minimum absolute atomic E-state index is 0.301. The molecular formula is C16H21ClN2S. The molecule has 0 heterocycles. The zero-order valence-electron chi connectivity index (χ0n) is 11.9. The molecule has 0 spiro atoms. The molecule has 0 radical (unpaired) electrons. The maximum Gasteiger partial charge on any atom is 0.107 e. The summed E-state index contributed by atoms with van der Waals surface area (Å²) in [6.45, 7) is 2.94. The largest absolute Gasteiger partial charge is 0.300 e. The van der Waals surface area contributed by atoms with Gasteiger partial charge in [0.15, 0.2) is 0 Å². The van der Waals surface area contributed by atoms with Gasteiger partial charge >= 0.3 is 0 Å². The number of nitrogens with zero attached hydrogens (tertiary/aromatic N) is 1. The topological polar surface area (TPSA) is 35.8 Å². The van der Waals surface area contributed by atoms with Crippen molar-refractivity contribution >= 4 is 23.4 Å². The van der Waals surface area contributed by atoms with Gasteiger partial charge in [-0.15, -0.1) is 0 Å². The fourth-order valence-corrected chi connectivity index (χ4v) is 4.28. The Hall–Kier alpha value is -0.690. The number of hydrogen-bond donors (Lipinski definition) is 1. The van der Waals surface area contributed by atoms with Gasteiger partial charge in [-0.25, -0.2) is 0 Å². The molecule has 1 aliphatic rings. The molecule has 1 N–H and O–H groups in total. The van der Waals surface area contributed by atoms with Crippen LogP contribution in [-0.2, 0) is 5.75 Å².